The third kappa shape index (κ3) is 5.86. The molecule has 0 aliphatic heterocycles. The molecule has 0 aromatic heterocycles. The summed E-state index contributed by atoms with van der Waals surface area (Å²) in [6.45, 7) is 1.28. The Morgan fingerprint density at radius 1 is 1.20 bits per heavy atom. The van der Waals surface area contributed by atoms with Crippen molar-refractivity contribution in [1.82, 2.24) is 0 Å². The molecule has 1 aromatic rings. The molecule has 2 N–H and O–H groups in total. The summed E-state index contributed by atoms with van der Waals surface area (Å²) in [7, 11) is 0. The normalized spacial score (nSPS) is 10.1. The summed E-state index contributed by atoms with van der Waals surface area (Å²) in [5.74, 6) is -0.488. The first-order chi connectivity index (χ1) is 7.29. The second-order valence-electron chi connectivity index (χ2n) is 3.42. The van der Waals surface area contributed by atoms with E-state index in [1.165, 1.54) is 0 Å². The highest BCUT2D eigenvalue weighted by Gasteiger charge is 2.03. The van der Waals surface area contributed by atoms with Crippen LogP contribution in [0.15, 0.2) is 30.3 Å². The van der Waals surface area contributed by atoms with E-state index in [2.05, 4.69) is 0 Å². The Labute approximate surface area is 89.7 Å². The molecule has 0 atom stereocenters. The van der Waals surface area contributed by atoms with Crippen LogP contribution in [0.2, 0.25) is 0 Å². The van der Waals surface area contributed by atoms with Gasteiger partial charge in [-0.2, -0.15) is 0 Å². The average Bonchev–Trinajstić information content (AvgIpc) is 2.24. The van der Waals surface area contributed by atoms with Gasteiger partial charge in [-0.05, 0) is 18.4 Å². The fourth-order valence-electron chi connectivity index (χ4n) is 1.25. The van der Waals surface area contributed by atoms with E-state index < -0.39 is 5.97 Å². The number of rotatable bonds is 7. The fraction of sp³-hybridized carbons (Fsp3) is 0.417. The Bertz CT molecular complexity index is 282. The van der Waals surface area contributed by atoms with Crippen LogP contribution < -0.4 is 0 Å². The number of carbonyl (C=O) groups excluding carboxylic acids is 1. The van der Waals surface area contributed by atoms with Crippen molar-refractivity contribution in [2.45, 2.75) is 25.9 Å². The van der Waals surface area contributed by atoms with Gasteiger partial charge in [0.05, 0.1) is 6.61 Å². The predicted octanol–water partition coefficient (Wildman–Crippen LogP) is 1.62. The van der Waals surface area contributed by atoms with Crippen molar-refractivity contribution >= 4 is 5.97 Å². The third-order valence-corrected chi connectivity index (χ3v) is 2.05. The summed E-state index contributed by atoms with van der Waals surface area (Å²) < 4.78 is 5.43. The van der Waals surface area contributed by atoms with Crippen molar-refractivity contribution in [2.24, 2.45) is 0 Å². The van der Waals surface area contributed by atoms with E-state index in [-0.39, 0.29) is 0 Å². The zero-order valence-electron chi connectivity index (χ0n) is 8.74. The fourth-order valence-corrected chi connectivity index (χ4v) is 1.25. The second kappa shape index (κ2) is 7.01. The smallest absolute Gasteiger partial charge is 0.515 e. The van der Waals surface area contributed by atoms with Crippen molar-refractivity contribution < 1.29 is 14.6 Å². The first-order valence-electron chi connectivity index (χ1n) is 5.15. The van der Waals surface area contributed by atoms with Gasteiger partial charge >= 0.3 is 5.97 Å². The van der Waals surface area contributed by atoms with E-state index >= 15 is 0 Å². The van der Waals surface area contributed by atoms with Gasteiger partial charge in [0.25, 0.3) is 0 Å². The van der Waals surface area contributed by atoms with Crippen LogP contribution in [0.3, 0.4) is 0 Å². The minimum Gasteiger partial charge on any atom is -0.565 e. The molecule has 0 bridgehead atoms. The van der Waals surface area contributed by atoms with Crippen LogP contribution in [-0.2, 0) is 16.1 Å². The summed E-state index contributed by atoms with van der Waals surface area (Å²) in [4.78, 5) is 10.3. The van der Waals surface area contributed by atoms with Crippen LogP contribution in [0.25, 0.3) is 0 Å². The van der Waals surface area contributed by atoms with Gasteiger partial charge in [0.2, 0.25) is 0 Å². The summed E-state index contributed by atoms with van der Waals surface area (Å²) in [6.07, 6.45) is 1.93. The van der Waals surface area contributed by atoms with Crippen molar-refractivity contribution in [3.05, 3.63) is 35.9 Å². The molecule has 0 amide bonds. The minimum absolute atomic E-state index is 0.342. The molecule has 0 radical (unpaired) electrons. The summed E-state index contributed by atoms with van der Waals surface area (Å²) in [5.41, 5.74) is 1.16. The molecule has 0 aliphatic rings. The molecule has 15 heavy (non-hydrogen) atoms. The van der Waals surface area contributed by atoms with Crippen molar-refractivity contribution in [3.63, 3.8) is 0 Å². The molecule has 0 fully saturated rings. The van der Waals surface area contributed by atoms with Crippen molar-refractivity contribution in [1.29, 1.82) is 0 Å². The van der Waals surface area contributed by atoms with Crippen LogP contribution in [0.4, 0.5) is 0 Å². The predicted molar refractivity (Wildman–Crippen MR) is 58.6 cm³/mol. The molecule has 3 heteroatoms. The molecule has 82 valence electrons. The lowest BCUT2D eigenvalue weighted by Crippen LogP contribution is -1.98. The maximum absolute atomic E-state index is 10.3. The third-order valence-electron chi connectivity index (χ3n) is 2.05. The lowest BCUT2D eigenvalue weighted by atomic mass is 10.2. The van der Waals surface area contributed by atoms with Crippen LogP contribution in [0.1, 0.15) is 24.8 Å². The summed E-state index contributed by atoms with van der Waals surface area (Å²) in [6, 6.07) is 9.99. The molecule has 0 unspecified atom stereocenters. The maximum Gasteiger partial charge on any atom is 0.515 e. The molecule has 1 aromatic carbocycles. The number of hydrogen-bond donors (Lipinski definition) is 0. The van der Waals surface area contributed by atoms with Crippen molar-refractivity contribution in [2.75, 3.05) is 6.61 Å². The lowest BCUT2D eigenvalue weighted by molar-refractivity contribution is -0.137. The molecule has 0 heterocycles. The Morgan fingerprint density at radius 3 is 2.60 bits per heavy atom. The van der Waals surface area contributed by atoms with Gasteiger partial charge in [0, 0.05) is 11.4 Å². The molecule has 0 spiro atoms. The first kappa shape index (κ1) is 11.7. The van der Waals surface area contributed by atoms with Crippen LogP contribution >= 0.6 is 0 Å². The van der Waals surface area contributed by atoms with Gasteiger partial charge in [-0.15, -0.1) is 0 Å². The zero-order chi connectivity index (χ0) is 10.9. The minimum atomic E-state index is -0.488. The Hall–Kier alpha value is -1.35. The molecule has 0 saturated heterocycles. The van der Waals surface area contributed by atoms with Gasteiger partial charge in [0.1, 0.15) is 6.42 Å². The molecule has 1 rings (SSSR count). The van der Waals surface area contributed by atoms with E-state index in [1.807, 2.05) is 30.3 Å². The van der Waals surface area contributed by atoms with Crippen LogP contribution in [0.5, 0.6) is 0 Å². The van der Waals surface area contributed by atoms with Gasteiger partial charge in [-0.25, -0.2) is 0 Å². The SMILES string of the molecule is O=C([OH2+])CCCCOCc1ccccc1. The van der Waals surface area contributed by atoms with Crippen LogP contribution in [0, 0.1) is 0 Å². The monoisotopic (exact) mass is 209 g/mol. The quantitative estimate of drug-likeness (QED) is 0.506. The molecular formula is C12H17O3+. The van der Waals surface area contributed by atoms with Gasteiger partial charge < -0.3 is 9.84 Å². The standard InChI is InChI=1S/C12H16O3/c13-12(14)8-4-5-9-15-10-11-6-2-1-3-7-11/h1-3,6-7H,4-5,8-10H2,(H,13,14)/p+1. The Kier molecular flexibility index (Phi) is 5.48. The molecular weight excluding hydrogens is 192 g/mol. The van der Waals surface area contributed by atoms with E-state index in [0.717, 1.165) is 18.4 Å². The molecule has 0 saturated carbocycles. The van der Waals surface area contributed by atoms with E-state index in [9.17, 15) is 4.79 Å². The summed E-state index contributed by atoms with van der Waals surface area (Å²) in [5, 5.41) is 6.71. The average molecular weight is 209 g/mol. The lowest BCUT2D eigenvalue weighted by Gasteiger charge is -2.02. The topological polar surface area (TPSA) is 49.2 Å². The number of ether oxygens (including phenoxy) is 1. The number of unbranched alkanes of at least 4 members (excludes halogenated alkanes) is 1. The second-order valence-corrected chi connectivity index (χ2v) is 3.42. The molecule has 3 nitrogen and oxygen atoms in total. The van der Waals surface area contributed by atoms with Crippen LogP contribution in [-0.4, -0.2) is 17.7 Å². The Morgan fingerprint density at radius 2 is 1.93 bits per heavy atom. The zero-order valence-corrected chi connectivity index (χ0v) is 8.74. The van der Waals surface area contributed by atoms with Gasteiger partial charge in [-0.1, -0.05) is 30.3 Å². The number of carbonyl (C=O) groups is 1. The van der Waals surface area contributed by atoms with E-state index in [4.69, 9.17) is 9.84 Å². The first-order valence-corrected chi connectivity index (χ1v) is 5.15. The Balaban J connectivity index is 2.00. The van der Waals surface area contributed by atoms with Gasteiger partial charge in [0.15, 0.2) is 0 Å². The van der Waals surface area contributed by atoms with Gasteiger partial charge in [-0.3, -0.25) is 0 Å². The highest BCUT2D eigenvalue weighted by molar-refractivity contribution is 5.66. The van der Waals surface area contributed by atoms with Crippen molar-refractivity contribution in [3.8, 4) is 0 Å². The summed E-state index contributed by atoms with van der Waals surface area (Å²) >= 11 is 0. The molecule has 0 aliphatic carbocycles. The van der Waals surface area contributed by atoms with E-state index in [1.54, 1.807) is 0 Å². The maximum atomic E-state index is 10.3. The highest BCUT2D eigenvalue weighted by Crippen LogP contribution is 2.02. The van der Waals surface area contributed by atoms with E-state index in [0.29, 0.717) is 19.6 Å². The largest absolute Gasteiger partial charge is 0.565 e. The number of hydrogen-bond acceptors (Lipinski definition) is 2. The number of benzene rings is 1. The highest BCUT2D eigenvalue weighted by atomic mass is 16.5.